The summed E-state index contributed by atoms with van der Waals surface area (Å²) in [6, 6.07) is 9.64. The monoisotopic (exact) mass is 275 g/mol. The van der Waals surface area contributed by atoms with Gasteiger partial charge in [0.2, 0.25) is 5.91 Å². The number of carbonyl (C=O) groups is 1. The molecule has 1 aliphatic carbocycles. The summed E-state index contributed by atoms with van der Waals surface area (Å²) in [6.45, 7) is 2.43. The van der Waals surface area contributed by atoms with Gasteiger partial charge in [-0.2, -0.15) is 0 Å². The van der Waals surface area contributed by atoms with Crippen LogP contribution in [0.4, 0.5) is 0 Å². The molecular formula is C16H25N3O. The van der Waals surface area contributed by atoms with Crippen molar-refractivity contribution in [2.24, 2.45) is 17.4 Å². The van der Waals surface area contributed by atoms with Crippen LogP contribution in [0.25, 0.3) is 0 Å². The van der Waals surface area contributed by atoms with E-state index in [1.807, 2.05) is 37.3 Å². The molecule has 1 aromatic carbocycles. The van der Waals surface area contributed by atoms with Gasteiger partial charge in [0, 0.05) is 18.1 Å². The van der Waals surface area contributed by atoms with Gasteiger partial charge in [0.1, 0.15) is 0 Å². The number of rotatable bonds is 4. The molecule has 5 N–H and O–H groups in total. The van der Waals surface area contributed by atoms with Crippen molar-refractivity contribution in [1.82, 2.24) is 5.32 Å². The zero-order chi connectivity index (χ0) is 14.6. The fraction of sp³-hybridized carbons (Fsp3) is 0.562. The molecule has 0 spiro atoms. The Hall–Kier alpha value is -1.39. The summed E-state index contributed by atoms with van der Waals surface area (Å²) in [4.78, 5) is 12.3. The minimum atomic E-state index is -0.390. The molecule has 0 heterocycles. The quantitative estimate of drug-likeness (QED) is 0.782. The highest BCUT2D eigenvalue weighted by Crippen LogP contribution is 2.31. The average Bonchev–Trinajstić information content (AvgIpc) is 2.45. The number of hydrogen-bond acceptors (Lipinski definition) is 3. The van der Waals surface area contributed by atoms with Crippen molar-refractivity contribution in [2.45, 2.75) is 44.2 Å². The molecule has 1 amide bonds. The van der Waals surface area contributed by atoms with Gasteiger partial charge in [-0.15, -0.1) is 0 Å². The Kier molecular flexibility index (Phi) is 4.78. The van der Waals surface area contributed by atoms with Crippen LogP contribution in [0.1, 0.15) is 44.2 Å². The Morgan fingerprint density at radius 1 is 1.40 bits per heavy atom. The molecule has 4 nitrogen and oxygen atoms in total. The van der Waals surface area contributed by atoms with Crippen LogP contribution in [0.15, 0.2) is 30.3 Å². The topological polar surface area (TPSA) is 81.1 Å². The molecule has 0 saturated heterocycles. The zero-order valence-electron chi connectivity index (χ0n) is 12.1. The molecular weight excluding hydrogens is 250 g/mol. The van der Waals surface area contributed by atoms with Crippen LogP contribution in [0.3, 0.4) is 0 Å². The molecule has 1 saturated carbocycles. The lowest BCUT2D eigenvalue weighted by molar-refractivity contribution is -0.128. The molecule has 4 heteroatoms. The van der Waals surface area contributed by atoms with E-state index in [4.69, 9.17) is 11.5 Å². The van der Waals surface area contributed by atoms with E-state index >= 15 is 0 Å². The average molecular weight is 275 g/mol. The molecule has 0 bridgehead atoms. The van der Waals surface area contributed by atoms with Gasteiger partial charge in [-0.25, -0.2) is 0 Å². The van der Waals surface area contributed by atoms with E-state index in [1.54, 1.807) is 0 Å². The number of carbonyl (C=O) groups excluding carboxylic acids is 1. The zero-order valence-corrected chi connectivity index (χ0v) is 12.1. The highest BCUT2D eigenvalue weighted by molar-refractivity contribution is 5.80. The van der Waals surface area contributed by atoms with Crippen molar-refractivity contribution >= 4 is 5.91 Å². The van der Waals surface area contributed by atoms with E-state index in [0.29, 0.717) is 6.54 Å². The van der Waals surface area contributed by atoms with Crippen LogP contribution in [0.5, 0.6) is 0 Å². The van der Waals surface area contributed by atoms with E-state index in [1.165, 1.54) is 0 Å². The second-order valence-corrected chi connectivity index (χ2v) is 6.07. The smallest absolute Gasteiger partial charge is 0.225 e. The van der Waals surface area contributed by atoms with Gasteiger partial charge in [0.05, 0.1) is 5.92 Å². The Bertz CT molecular complexity index is 444. The predicted octanol–water partition coefficient (Wildman–Crippen LogP) is 1.71. The van der Waals surface area contributed by atoms with Crippen molar-refractivity contribution in [1.29, 1.82) is 0 Å². The maximum Gasteiger partial charge on any atom is 0.225 e. The maximum atomic E-state index is 12.3. The Morgan fingerprint density at radius 3 is 2.75 bits per heavy atom. The highest BCUT2D eigenvalue weighted by atomic mass is 16.1. The molecule has 0 aliphatic heterocycles. The molecule has 20 heavy (non-hydrogen) atoms. The van der Waals surface area contributed by atoms with E-state index in [9.17, 15) is 4.79 Å². The number of nitrogens with one attached hydrogen (secondary N) is 1. The van der Waals surface area contributed by atoms with E-state index in [2.05, 4.69) is 5.32 Å². The Balaban J connectivity index is 1.89. The predicted molar refractivity (Wildman–Crippen MR) is 80.9 cm³/mol. The first-order chi connectivity index (χ1) is 9.50. The molecule has 2 rings (SSSR count). The van der Waals surface area contributed by atoms with Crippen LogP contribution in [-0.2, 0) is 4.79 Å². The molecule has 0 radical (unpaired) electrons. The van der Waals surface area contributed by atoms with Crippen molar-refractivity contribution in [2.75, 3.05) is 6.54 Å². The third-order valence-corrected chi connectivity index (χ3v) is 4.29. The third kappa shape index (κ3) is 3.58. The summed E-state index contributed by atoms with van der Waals surface area (Å²) in [5.41, 5.74) is 13.0. The van der Waals surface area contributed by atoms with Crippen molar-refractivity contribution in [3.63, 3.8) is 0 Å². The van der Waals surface area contributed by atoms with Crippen molar-refractivity contribution in [3.8, 4) is 0 Å². The first-order valence-corrected chi connectivity index (χ1v) is 7.38. The maximum absolute atomic E-state index is 12.3. The van der Waals surface area contributed by atoms with Gasteiger partial charge >= 0.3 is 0 Å². The number of amides is 1. The van der Waals surface area contributed by atoms with Crippen molar-refractivity contribution in [3.05, 3.63) is 35.9 Å². The third-order valence-electron chi connectivity index (χ3n) is 4.29. The molecule has 110 valence electrons. The van der Waals surface area contributed by atoms with Gasteiger partial charge in [-0.3, -0.25) is 4.79 Å². The van der Waals surface area contributed by atoms with Crippen molar-refractivity contribution < 1.29 is 4.79 Å². The molecule has 1 aliphatic rings. The minimum Gasteiger partial charge on any atom is -0.354 e. The van der Waals surface area contributed by atoms with E-state index in [-0.39, 0.29) is 23.4 Å². The summed E-state index contributed by atoms with van der Waals surface area (Å²) in [5, 5.41) is 2.96. The molecule has 1 fully saturated rings. The molecule has 1 aromatic rings. The van der Waals surface area contributed by atoms with Crippen LogP contribution >= 0.6 is 0 Å². The van der Waals surface area contributed by atoms with Crippen LogP contribution < -0.4 is 16.8 Å². The van der Waals surface area contributed by atoms with E-state index < -0.39 is 0 Å². The van der Waals surface area contributed by atoms with Gasteiger partial charge in [0.25, 0.3) is 0 Å². The SMILES string of the molecule is CC1(N)CCCCC1C(=O)NCC(N)c1ccccc1. The van der Waals surface area contributed by atoms with Gasteiger partial charge in [0.15, 0.2) is 0 Å². The second kappa shape index (κ2) is 6.37. The number of hydrogen-bond donors (Lipinski definition) is 3. The summed E-state index contributed by atoms with van der Waals surface area (Å²) < 4.78 is 0. The Morgan fingerprint density at radius 2 is 2.10 bits per heavy atom. The normalized spacial score (nSPS) is 27.9. The Labute approximate surface area is 120 Å². The molecule has 3 atom stereocenters. The largest absolute Gasteiger partial charge is 0.354 e. The lowest BCUT2D eigenvalue weighted by atomic mass is 9.74. The van der Waals surface area contributed by atoms with Gasteiger partial charge < -0.3 is 16.8 Å². The lowest BCUT2D eigenvalue weighted by Gasteiger charge is -2.37. The molecule has 3 unspecified atom stereocenters. The number of benzene rings is 1. The summed E-state index contributed by atoms with van der Waals surface area (Å²) >= 11 is 0. The summed E-state index contributed by atoms with van der Waals surface area (Å²) in [6.07, 6.45) is 3.98. The first kappa shape index (κ1) is 15.0. The van der Waals surface area contributed by atoms with Gasteiger partial charge in [-0.1, -0.05) is 43.2 Å². The highest BCUT2D eigenvalue weighted by Gasteiger charge is 2.37. The number of nitrogens with two attached hydrogens (primary N) is 2. The fourth-order valence-electron chi connectivity index (χ4n) is 2.94. The fourth-order valence-corrected chi connectivity index (χ4v) is 2.94. The van der Waals surface area contributed by atoms with E-state index in [0.717, 1.165) is 31.2 Å². The standard InChI is InChI=1S/C16H25N3O/c1-16(18)10-6-5-9-13(16)15(20)19-11-14(17)12-7-3-2-4-8-12/h2-4,7-8,13-14H,5-6,9-11,17-18H2,1H3,(H,19,20). The van der Waals surface area contributed by atoms with Gasteiger partial charge in [-0.05, 0) is 25.3 Å². The summed E-state index contributed by atoms with van der Waals surface area (Å²) in [5.74, 6) is -0.0553. The minimum absolute atomic E-state index is 0.0427. The lowest BCUT2D eigenvalue weighted by Crippen LogP contribution is -2.53. The van der Waals surface area contributed by atoms with Crippen LogP contribution in [0.2, 0.25) is 0 Å². The second-order valence-electron chi connectivity index (χ2n) is 6.07. The van der Waals surface area contributed by atoms with Crippen LogP contribution in [0, 0.1) is 5.92 Å². The van der Waals surface area contributed by atoms with Crippen LogP contribution in [-0.4, -0.2) is 18.0 Å². The molecule has 0 aromatic heterocycles. The first-order valence-electron chi connectivity index (χ1n) is 7.38. The summed E-state index contributed by atoms with van der Waals surface area (Å²) in [7, 11) is 0.